The number of halogens is 1. The summed E-state index contributed by atoms with van der Waals surface area (Å²) >= 11 is 5.91. The van der Waals surface area contributed by atoms with E-state index in [1.165, 1.54) is 0 Å². The molecule has 3 N–H and O–H groups in total. The maximum atomic E-state index is 11.9. The van der Waals surface area contributed by atoms with E-state index >= 15 is 0 Å². The second-order valence-electron chi connectivity index (χ2n) is 4.27. The molecule has 2 aromatic carbocycles. The Hall–Kier alpha value is -2.33. The van der Waals surface area contributed by atoms with E-state index in [9.17, 15) is 4.79 Å². The summed E-state index contributed by atoms with van der Waals surface area (Å²) in [4.78, 5) is 11.9. The normalized spacial score (nSPS) is 11.2. The number of carbonyl (C=O) groups is 1. The molecule has 1 amide bonds. The Morgan fingerprint density at radius 3 is 2.50 bits per heavy atom. The lowest BCUT2D eigenvalue weighted by Crippen LogP contribution is -2.19. The van der Waals surface area contributed by atoms with Crippen molar-refractivity contribution in [2.75, 3.05) is 5.73 Å². The van der Waals surface area contributed by atoms with Gasteiger partial charge in [0.2, 0.25) is 0 Å². The van der Waals surface area contributed by atoms with Gasteiger partial charge in [-0.2, -0.15) is 5.10 Å². The molecule has 0 heterocycles. The van der Waals surface area contributed by atoms with Crippen LogP contribution in [0, 0.1) is 0 Å². The van der Waals surface area contributed by atoms with Gasteiger partial charge >= 0.3 is 0 Å². The molecule has 20 heavy (non-hydrogen) atoms. The van der Waals surface area contributed by atoms with Gasteiger partial charge in [0.15, 0.2) is 0 Å². The summed E-state index contributed by atoms with van der Waals surface area (Å²) in [6.07, 6.45) is 0. The van der Waals surface area contributed by atoms with E-state index in [1.807, 2.05) is 12.1 Å². The number of benzene rings is 2. The first-order valence-corrected chi connectivity index (χ1v) is 6.40. The second-order valence-corrected chi connectivity index (χ2v) is 4.71. The van der Waals surface area contributed by atoms with Gasteiger partial charge in [0, 0.05) is 16.3 Å². The van der Waals surface area contributed by atoms with Crippen LogP contribution in [-0.2, 0) is 0 Å². The van der Waals surface area contributed by atoms with Crippen LogP contribution in [0.2, 0.25) is 5.02 Å². The minimum Gasteiger partial charge on any atom is -0.399 e. The van der Waals surface area contributed by atoms with Crippen LogP contribution in [0.25, 0.3) is 0 Å². The standard InChI is InChI=1S/C15H14ClN3O/c1-10(12-3-2-4-13(16)9-12)18-19-15(20)11-5-7-14(17)8-6-11/h2-9H,17H2,1H3,(H,19,20)/b18-10-. The molecular formula is C15H14ClN3O. The van der Waals surface area contributed by atoms with Crippen LogP contribution < -0.4 is 11.2 Å². The van der Waals surface area contributed by atoms with E-state index < -0.39 is 0 Å². The van der Waals surface area contributed by atoms with E-state index in [4.69, 9.17) is 17.3 Å². The third-order valence-electron chi connectivity index (χ3n) is 2.74. The third-order valence-corrected chi connectivity index (χ3v) is 2.98. The summed E-state index contributed by atoms with van der Waals surface area (Å²) in [5, 5.41) is 4.69. The molecule has 0 aliphatic rings. The van der Waals surface area contributed by atoms with E-state index in [1.54, 1.807) is 43.3 Å². The lowest BCUT2D eigenvalue weighted by Gasteiger charge is -2.04. The Balaban J connectivity index is 2.08. The zero-order valence-electron chi connectivity index (χ0n) is 10.9. The minimum absolute atomic E-state index is 0.286. The van der Waals surface area contributed by atoms with Crippen molar-refractivity contribution in [2.24, 2.45) is 5.10 Å². The minimum atomic E-state index is -0.286. The van der Waals surface area contributed by atoms with Crippen LogP contribution in [0.1, 0.15) is 22.8 Å². The van der Waals surface area contributed by atoms with Crippen LogP contribution in [-0.4, -0.2) is 11.6 Å². The van der Waals surface area contributed by atoms with Crippen molar-refractivity contribution < 1.29 is 4.79 Å². The van der Waals surface area contributed by atoms with Gasteiger partial charge in [-0.15, -0.1) is 0 Å². The number of rotatable bonds is 3. The van der Waals surface area contributed by atoms with Crippen molar-refractivity contribution in [3.05, 3.63) is 64.7 Å². The molecule has 0 atom stereocenters. The first kappa shape index (κ1) is 14.1. The molecule has 0 aliphatic heterocycles. The smallest absolute Gasteiger partial charge is 0.271 e. The van der Waals surface area contributed by atoms with E-state index in [0.717, 1.165) is 5.56 Å². The van der Waals surface area contributed by atoms with Crippen molar-refractivity contribution in [2.45, 2.75) is 6.92 Å². The molecule has 0 saturated heterocycles. The monoisotopic (exact) mass is 287 g/mol. The third kappa shape index (κ3) is 3.59. The summed E-state index contributed by atoms with van der Waals surface area (Å²) in [6.45, 7) is 1.80. The number of anilines is 1. The first-order valence-electron chi connectivity index (χ1n) is 6.02. The van der Waals surface area contributed by atoms with Gasteiger partial charge in [0.05, 0.1) is 5.71 Å². The van der Waals surface area contributed by atoms with Crippen LogP contribution in [0.5, 0.6) is 0 Å². The van der Waals surface area contributed by atoms with Crippen molar-refractivity contribution in [1.82, 2.24) is 5.43 Å². The van der Waals surface area contributed by atoms with Gasteiger partial charge < -0.3 is 5.73 Å². The highest BCUT2D eigenvalue weighted by Gasteiger charge is 2.04. The van der Waals surface area contributed by atoms with Crippen LogP contribution in [0.15, 0.2) is 53.6 Å². The number of carbonyl (C=O) groups excluding carboxylic acids is 1. The molecule has 2 aromatic rings. The van der Waals surface area contributed by atoms with Gasteiger partial charge in [-0.25, -0.2) is 5.43 Å². The first-order chi connectivity index (χ1) is 9.56. The quantitative estimate of drug-likeness (QED) is 0.517. The highest BCUT2D eigenvalue weighted by molar-refractivity contribution is 6.31. The van der Waals surface area contributed by atoms with E-state index in [-0.39, 0.29) is 5.91 Å². The summed E-state index contributed by atoms with van der Waals surface area (Å²) in [5.41, 5.74) is 10.7. The van der Waals surface area contributed by atoms with Gasteiger partial charge in [0.1, 0.15) is 0 Å². The number of nitrogens with two attached hydrogens (primary N) is 1. The van der Waals surface area contributed by atoms with Gasteiger partial charge in [-0.1, -0.05) is 23.7 Å². The Morgan fingerprint density at radius 2 is 1.85 bits per heavy atom. The summed E-state index contributed by atoms with van der Waals surface area (Å²) in [5.74, 6) is -0.286. The molecule has 0 bridgehead atoms. The predicted octanol–water partition coefficient (Wildman–Crippen LogP) is 3.08. The average Bonchev–Trinajstić information content (AvgIpc) is 2.45. The molecule has 0 saturated carbocycles. The summed E-state index contributed by atoms with van der Waals surface area (Å²) < 4.78 is 0. The predicted molar refractivity (Wildman–Crippen MR) is 82.0 cm³/mol. The second kappa shape index (κ2) is 6.21. The van der Waals surface area contributed by atoms with Crippen molar-refractivity contribution in [1.29, 1.82) is 0 Å². The van der Waals surface area contributed by atoms with Crippen molar-refractivity contribution in [3.8, 4) is 0 Å². The Labute approximate surface area is 122 Å². The average molecular weight is 288 g/mol. The Bertz CT molecular complexity index is 650. The molecule has 0 radical (unpaired) electrons. The Kier molecular flexibility index (Phi) is 4.38. The largest absolute Gasteiger partial charge is 0.399 e. The summed E-state index contributed by atoms with van der Waals surface area (Å²) in [7, 11) is 0. The number of hydrogen-bond acceptors (Lipinski definition) is 3. The molecular weight excluding hydrogens is 274 g/mol. The maximum Gasteiger partial charge on any atom is 0.271 e. The number of hydrogen-bond donors (Lipinski definition) is 2. The Morgan fingerprint density at radius 1 is 1.15 bits per heavy atom. The number of nitrogen functional groups attached to an aromatic ring is 1. The molecule has 5 heteroatoms. The molecule has 102 valence electrons. The van der Waals surface area contributed by atoms with Crippen molar-refractivity contribution >= 4 is 28.9 Å². The lowest BCUT2D eigenvalue weighted by molar-refractivity contribution is 0.0955. The molecule has 0 aliphatic carbocycles. The molecule has 4 nitrogen and oxygen atoms in total. The highest BCUT2D eigenvalue weighted by Crippen LogP contribution is 2.11. The zero-order valence-corrected chi connectivity index (χ0v) is 11.7. The van der Waals surface area contributed by atoms with Gasteiger partial charge in [0.25, 0.3) is 5.91 Å². The fourth-order valence-corrected chi connectivity index (χ4v) is 1.80. The molecule has 0 fully saturated rings. The highest BCUT2D eigenvalue weighted by atomic mass is 35.5. The number of nitrogens with zero attached hydrogens (tertiary/aromatic N) is 1. The molecule has 0 aromatic heterocycles. The topological polar surface area (TPSA) is 67.5 Å². The molecule has 2 rings (SSSR count). The fourth-order valence-electron chi connectivity index (χ4n) is 1.61. The molecule has 0 spiro atoms. The lowest BCUT2D eigenvalue weighted by atomic mass is 10.1. The number of nitrogens with one attached hydrogen (secondary N) is 1. The van der Waals surface area contributed by atoms with Crippen LogP contribution in [0.3, 0.4) is 0 Å². The number of hydrazone groups is 1. The van der Waals surface area contributed by atoms with Crippen LogP contribution >= 0.6 is 11.6 Å². The summed E-state index contributed by atoms with van der Waals surface area (Å²) in [6, 6.07) is 13.9. The SMILES string of the molecule is C/C(=N/NC(=O)c1ccc(N)cc1)c1cccc(Cl)c1. The van der Waals surface area contributed by atoms with Crippen molar-refractivity contribution in [3.63, 3.8) is 0 Å². The van der Waals surface area contributed by atoms with Gasteiger partial charge in [-0.3, -0.25) is 4.79 Å². The van der Waals surface area contributed by atoms with Crippen LogP contribution in [0.4, 0.5) is 5.69 Å². The van der Waals surface area contributed by atoms with E-state index in [0.29, 0.717) is 22.0 Å². The van der Waals surface area contributed by atoms with Gasteiger partial charge in [-0.05, 0) is 48.9 Å². The number of amides is 1. The van der Waals surface area contributed by atoms with E-state index in [2.05, 4.69) is 10.5 Å². The maximum absolute atomic E-state index is 11.9. The fraction of sp³-hybridized carbons (Fsp3) is 0.0667. The molecule has 0 unspecified atom stereocenters. The zero-order chi connectivity index (χ0) is 14.5.